The zero-order chi connectivity index (χ0) is 16.1. The van der Waals surface area contributed by atoms with E-state index < -0.39 is 21.4 Å². The molecule has 0 aliphatic heterocycles. The van der Waals surface area contributed by atoms with Crippen LogP contribution in [-0.4, -0.2) is 20.5 Å². The SMILES string of the molecule is CCCC(C)(C)NS(=O)(=O)c1cc(F)ccc1CNCC. The normalized spacial score (nSPS) is 12.6. The number of halogens is 1. The highest BCUT2D eigenvalue weighted by Crippen LogP contribution is 2.21. The van der Waals surface area contributed by atoms with Crippen molar-refractivity contribution in [3.05, 3.63) is 29.6 Å². The highest BCUT2D eigenvalue weighted by Gasteiger charge is 2.27. The van der Waals surface area contributed by atoms with Crippen molar-refractivity contribution >= 4 is 10.0 Å². The average molecular weight is 316 g/mol. The first-order valence-electron chi connectivity index (χ1n) is 7.25. The minimum atomic E-state index is -3.75. The quantitative estimate of drug-likeness (QED) is 0.775. The van der Waals surface area contributed by atoms with E-state index in [-0.39, 0.29) is 4.90 Å². The van der Waals surface area contributed by atoms with Crippen LogP contribution < -0.4 is 10.0 Å². The van der Waals surface area contributed by atoms with Crippen molar-refractivity contribution < 1.29 is 12.8 Å². The van der Waals surface area contributed by atoms with E-state index in [4.69, 9.17) is 0 Å². The van der Waals surface area contributed by atoms with Gasteiger partial charge in [0.05, 0.1) is 4.90 Å². The zero-order valence-corrected chi connectivity index (χ0v) is 14.0. The van der Waals surface area contributed by atoms with Crippen molar-refractivity contribution in [3.63, 3.8) is 0 Å². The lowest BCUT2D eigenvalue weighted by atomic mass is 10.0. The number of rotatable bonds is 8. The Bertz CT molecular complexity index is 571. The van der Waals surface area contributed by atoms with Gasteiger partial charge in [-0.2, -0.15) is 0 Å². The fourth-order valence-corrected chi connectivity index (χ4v) is 3.97. The highest BCUT2D eigenvalue weighted by molar-refractivity contribution is 7.89. The summed E-state index contributed by atoms with van der Waals surface area (Å²) in [6.07, 6.45) is 1.58. The molecule has 1 rings (SSSR count). The van der Waals surface area contributed by atoms with Crippen LogP contribution in [0.25, 0.3) is 0 Å². The highest BCUT2D eigenvalue weighted by atomic mass is 32.2. The van der Waals surface area contributed by atoms with Gasteiger partial charge in [-0.3, -0.25) is 0 Å². The molecule has 6 heteroatoms. The first-order valence-corrected chi connectivity index (χ1v) is 8.73. The van der Waals surface area contributed by atoms with Crippen molar-refractivity contribution in [2.24, 2.45) is 0 Å². The molecule has 0 fully saturated rings. The van der Waals surface area contributed by atoms with Crippen molar-refractivity contribution in [2.45, 2.75) is 57.5 Å². The van der Waals surface area contributed by atoms with Gasteiger partial charge in [-0.15, -0.1) is 0 Å². The van der Waals surface area contributed by atoms with E-state index >= 15 is 0 Å². The molecule has 1 aromatic carbocycles. The predicted octanol–water partition coefficient (Wildman–Crippen LogP) is 2.79. The summed E-state index contributed by atoms with van der Waals surface area (Å²) in [5.41, 5.74) is 0.00747. The second-order valence-electron chi connectivity index (χ2n) is 5.77. The Morgan fingerprint density at radius 2 is 1.90 bits per heavy atom. The van der Waals surface area contributed by atoms with Crippen LogP contribution in [-0.2, 0) is 16.6 Å². The summed E-state index contributed by atoms with van der Waals surface area (Å²) in [5.74, 6) is -0.552. The Kier molecular flexibility index (Phi) is 6.31. The van der Waals surface area contributed by atoms with Gasteiger partial charge >= 0.3 is 0 Å². The monoisotopic (exact) mass is 316 g/mol. The van der Waals surface area contributed by atoms with Gasteiger partial charge in [0, 0.05) is 12.1 Å². The third-order valence-electron chi connectivity index (χ3n) is 3.17. The predicted molar refractivity (Wildman–Crippen MR) is 83.1 cm³/mol. The third-order valence-corrected chi connectivity index (χ3v) is 4.95. The van der Waals surface area contributed by atoms with Gasteiger partial charge in [-0.1, -0.05) is 26.3 Å². The standard InChI is InChI=1S/C15H25FN2O2S/c1-5-9-15(3,4)18-21(19,20)14-10-13(16)8-7-12(14)11-17-6-2/h7-8,10,17-18H,5-6,9,11H2,1-4H3. The number of hydrogen-bond donors (Lipinski definition) is 2. The van der Waals surface area contributed by atoms with Crippen LogP contribution in [0.4, 0.5) is 4.39 Å². The van der Waals surface area contributed by atoms with Crippen LogP contribution in [0.2, 0.25) is 0 Å². The summed E-state index contributed by atoms with van der Waals surface area (Å²) in [6, 6.07) is 3.87. The fraction of sp³-hybridized carbons (Fsp3) is 0.600. The summed E-state index contributed by atoms with van der Waals surface area (Å²) in [6.45, 7) is 8.69. The van der Waals surface area contributed by atoms with Crippen molar-refractivity contribution in [3.8, 4) is 0 Å². The van der Waals surface area contributed by atoms with Crippen LogP contribution in [0, 0.1) is 5.82 Å². The number of hydrogen-bond acceptors (Lipinski definition) is 3. The van der Waals surface area contributed by atoms with E-state index in [1.54, 1.807) is 0 Å². The third kappa shape index (κ3) is 5.37. The van der Waals surface area contributed by atoms with Gasteiger partial charge in [-0.05, 0) is 44.5 Å². The molecule has 0 spiro atoms. The molecule has 0 saturated heterocycles. The molecule has 2 N–H and O–H groups in total. The molecule has 1 aromatic rings. The first-order chi connectivity index (χ1) is 9.72. The Balaban J connectivity index is 3.14. The van der Waals surface area contributed by atoms with Gasteiger partial charge in [0.2, 0.25) is 10.0 Å². The molecule has 21 heavy (non-hydrogen) atoms. The Morgan fingerprint density at radius 3 is 2.48 bits per heavy atom. The number of benzene rings is 1. The zero-order valence-electron chi connectivity index (χ0n) is 13.2. The molecule has 0 aromatic heterocycles. The van der Waals surface area contributed by atoms with E-state index in [1.807, 2.05) is 27.7 Å². The molecular formula is C15H25FN2O2S. The van der Waals surface area contributed by atoms with Crippen LogP contribution in [0.5, 0.6) is 0 Å². The van der Waals surface area contributed by atoms with Crippen molar-refractivity contribution in [1.82, 2.24) is 10.0 Å². The Morgan fingerprint density at radius 1 is 1.24 bits per heavy atom. The number of sulfonamides is 1. The fourth-order valence-electron chi connectivity index (χ4n) is 2.28. The molecule has 0 aliphatic rings. The van der Waals surface area contributed by atoms with Gasteiger partial charge in [0.25, 0.3) is 0 Å². The van der Waals surface area contributed by atoms with Crippen molar-refractivity contribution in [1.29, 1.82) is 0 Å². The van der Waals surface area contributed by atoms with E-state index in [2.05, 4.69) is 10.0 Å². The second-order valence-corrected chi connectivity index (χ2v) is 7.42. The lowest BCUT2D eigenvalue weighted by molar-refractivity contribution is 0.417. The number of nitrogens with one attached hydrogen (secondary N) is 2. The topological polar surface area (TPSA) is 58.2 Å². The summed E-state index contributed by atoms with van der Waals surface area (Å²) in [4.78, 5) is 0.00706. The molecule has 0 amide bonds. The van der Waals surface area contributed by atoms with E-state index in [0.29, 0.717) is 25.1 Å². The van der Waals surface area contributed by atoms with E-state index in [0.717, 1.165) is 12.5 Å². The molecule has 0 aliphatic carbocycles. The minimum Gasteiger partial charge on any atom is -0.313 e. The molecule has 0 atom stereocenters. The lowest BCUT2D eigenvalue weighted by Crippen LogP contribution is -2.43. The van der Waals surface area contributed by atoms with Gasteiger partial charge in [0.15, 0.2) is 0 Å². The van der Waals surface area contributed by atoms with Gasteiger partial charge in [0.1, 0.15) is 5.82 Å². The van der Waals surface area contributed by atoms with Crippen LogP contribution >= 0.6 is 0 Å². The molecule has 0 unspecified atom stereocenters. The summed E-state index contributed by atoms with van der Waals surface area (Å²) >= 11 is 0. The molecule has 0 heterocycles. The second kappa shape index (κ2) is 7.33. The average Bonchev–Trinajstić information content (AvgIpc) is 2.35. The lowest BCUT2D eigenvalue weighted by Gasteiger charge is -2.26. The maximum atomic E-state index is 13.5. The molecule has 0 saturated carbocycles. The molecule has 0 radical (unpaired) electrons. The minimum absolute atomic E-state index is 0.00706. The first kappa shape index (κ1) is 18.1. The van der Waals surface area contributed by atoms with Crippen LogP contribution in [0.1, 0.15) is 46.1 Å². The van der Waals surface area contributed by atoms with Gasteiger partial charge < -0.3 is 5.32 Å². The molecule has 4 nitrogen and oxygen atoms in total. The summed E-state index contributed by atoms with van der Waals surface area (Å²) < 4.78 is 41.2. The van der Waals surface area contributed by atoms with Crippen LogP contribution in [0.3, 0.4) is 0 Å². The van der Waals surface area contributed by atoms with Crippen molar-refractivity contribution in [2.75, 3.05) is 6.54 Å². The van der Waals surface area contributed by atoms with Crippen LogP contribution in [0.15, 0.2) is 23.1 Å². The van der Waals surface area contributed by atoms with E-state index in [1.165, 1.54) is 12.1 Å². The maximum absolute atomic E-state index is 13.5. The van der Waals surface area contributed by atoms with Gasteiger partial charge in [-0.25, -0.2) is 17.5 Å². The smallest absolute Gasteiger partial charge is 0.241 e. The molecular weight excluding hydrogens is 291 g/mol. The summed E-state index contributed by atoms with van der Waals surface area (Å²) in [5, 5.41) is 3.07. The Labute approximate surface area is 127 Å². The summed E-state index contributed by atoms with van der Waals surface area (Å²) in [7, 11) is -3.75. The molecule has 120 valence electrons. The largest absolute Gasteiger partial charge is 0.313 e. The maximum Gasteiger partial charge on any atom is 0.241 e. The Hall–Kier alpha value is -0.980. The molecule has 0 bridgehead atoms. The van der Waals surface area contributed by atoms with E-state index in [9.17, 15) is 12.8 Å².